The van der Waals surface area contributed by atoms with Gasteiger partial charge in [-0.05, 0) is 38.0 Å². The van der Waals surface area contributed by atoms with Crippen molar-refractivity contribution in [2.75, 3.05) is 13.2 Å². The van der Waals surface area contributed by atoms with E-state index in [-0.39, 0.29) is 11.9 Å². The van der Waals surface area contributed by atoms with Gasteiger partial charge in [0.2, 0.25) is 0 Å². The molecule has 1 aliphatic carbocycles. The molecule has 7 nitrogen and oxygen atoms in total. The van der Waals surface area contributed by atoms with E-state index in [1.54, 1.807) is 24.5 Å². The summed E-state index contributed by atoms with van der Waals surface area (Å²) in [7, 11) is 0. The third kappa shape index (κ3) is 4.17. The first-order valence-electron chi connectivity index (χ1n) is 8.82. The van der Waals surface area contributed by atoms with Gasteiger partial charge in [0.15, 0.2) is 5.82 Å². The molecule has 0 bridgehead atoms. The maximum atomic E-state index is 12.6. The number of aromatic nitrogens is 3. The van der Waals surface area contributed by atoms with Crippen molar-refractivity contribution in [3.8, 4) is 5.75 Å². The third-order valence-electron chi connectivity index (χ3n) is 4.54. The number of hydrogen-bond donors (Lipinski definition) is 2. The van der Waals surface area contributed by atoms with Gasteiger partial charge < -0.3 is 20.4 Å². The zero-order valence-corrected chi connectivity index (χ0v) is 14.5. The molecule has 2 aromatic rings. The number of nitrogens with zero attached hydrogens (tertiary/aromatic N) is 3. The molecule has 1 aliphatic rings. The Bertz CT molecular complexity index is 709. The van der Waals surface area contributed by atoms with Crippen molar-refractivity contribution in [2.45, 2.75) is 44.7 Å². The summed E-state index contributed by atoms with van der Waals surface area (Å²) >= 11 is 0. The monoisotopic (exact) mass is 343 g/mol. The maximum Gasteiger partial charge on any atom is 0.251 e. The van der Waals surface area contributed by atoms with Crippen molar-refractivity contribution in [3.05, 3.63) is 42.0 Å². The second-order valence-electron chi connectivity index (χ2n) is 6.39. The molecule has 0 aliphatic heterocycles. The fraction of sp³-hybridized carbons (Fsp3) is 0.500. The van der Waals surface area contributed by atoms with Gasteiger partial charge in [0.05, 0.1) is 6.04 Å². The van der Waals surface area contributed by atoms with Gasteiger partial charge in [-0.15, -0.1) is 10.2 Å². The van der Waals surface area contributed by atoms with Crippen LogP contribution in [-0.2, 0) is 0 Å². The minimum absolute atomic E-state index is 0.160. The molecule has 134 valence electrons. The summed E-state index contributed by atoms with van der Waals surface area (Å²) < 4.78 is 7.59. The van der Waals surface area contributed by atoms with Crippen LogP contribution in [0.5, 0.6) is 5.75 Å². The van der Waals surface area contributed by atoms with Crippen molar-refractivity contribution in [2.24, 2.45) is 5.73 Å². The molecule has 1 fully saturated rings. The van der Waals surface area contributed by atoms with Gasteiger partial charge >= 0.3 is 0 Å². The number of rotatable bonds is 7. The molecule has 0 spiro atoms. The first-order valence-corrected chi connectivity index (χ1v) is 8.82. The number of carbonyl (C=O) groups is 1. The average Bonchev–Trinajstić information content (AvgIpc) is 3.30. The molecule has 25 heavy (non-hydrogen) atoms. The van der Waals surface area contributed by atoms with E-state index in [1.165, 1.54) is 12.8 Å². The quantitative estimate of drug-likeness (QED) is 0.804. The highest BCUT2D eigenvalue weighted by molar-refractivity contribution is 5.94. The number of benzene rings is 1. The second kappa shape index (κ2) is 8.11. The summed E-state index contributed by atoms with van der Waals surface area (Å²) in [5.74, 6) is 1.28. The summed E-state index contributed by atoms with van der Waals surface area (Å²) in [6, 6.07) is 7.32. The number of carbonyl (C=O) groups excluding carboxylic acids is 1. The summed E-state index contributed by atoms with van der Waals surface area (Å²) in [6.07, 6.45) is 6.53. The van der Waals surface area contributed by atoms with Crippen molar-refractivity contribution in [1.29, 1.82) is 0 Å². The molecule has 1 aromatic heterocycles. The predicted molar refractivity (Wildman–Crippen MR) is 94.4 cm³/mol. The van der Waals surface area contributed by atoms with Gasteiger partial charge in [-0.2, -0.15) is 0 Å². The number of amides is 1. The van der Waals surface area contributed by atoms with Gasteiger partial charge in [-0.1, -0.05) is 18.9 Å². The van der Waals surface area contributed by atoms with Crippen LogP contribution in [0.1, 0.15) is 60.9 Å². The van der Waals surface area contributed by atoms with Gasteiger partial charge in [-0.25, -0.2) is 0 Å². The Kier molecular flexibility index (Phi) is 5.65. The van der Waals surface area contributed by atoms with Crippen LogP contribution in [0.15, 0.2) is 30.6 Å². The van der Waals surface area contributed by atoms with Gasteiger partial charge in [0, 0.05) is 18.2 Å². The highest BCUT2D eigenvalue weighted by Crippen LogP contribution is 2.31. The van der Waals surface area contributed by atoms with E-state index in [2.05, 4.69) is 20.1 Å². The normalized spacial score (nSPS) is 15.9. The Morgan fingerprint density at radius 2 is 2.24 bits per heavy atom. The lowest BCUT2D eigenvalue weighted by Crippen LogP contribution is -2.29. The fourth-order valence-electron chi connectivity index (χ4n) is 3.27. The Balaban J connectivity index is 1.68. The highest BCUT2D eigenvalue weighted by atomic mass is 16.5. The first kappa shape index (κ1) is 17.4. The molecule has 1 aromatic carbocycles. The fourth-order valence-corrected chi connectivity index (χ4v) is 3.27. The molecule has 0 radical (unpaired) electrons. The zero-order valence-electron chi connectivity index (χ0n) is 14.5. The average molecular weight is 343 g/mol. The number of nitrogens with two attached hydrogens (primary N) is 1. The number of hydrogen-bond acceptors (Lipinski definition) is 5. The van der Waals surface area contributed by atoms with Crippen molar-refractivity contribution < 1.29 is 9.53 Å². The molecule has 7 heteroatoms. The molecule has 3 rings (SSSR count). The van der Waals surface area contributed by atoms with Crippen LogP contribution < -0.4 is 15.8 Å². The molecule has 1 amide bonds. The van der Waals surface area contributed by atoms with Crippen LogP contribution in [0.25, 0.3) is 0 Å². The third-order valence-corrected chi connectivity index (χ3v) is 4.54. The van der Waals surface area contributed by atoms with Crippen molar-refractivity contribution in [1.82, 2.24) is 20.1 Å². The van der Waals surface area contributed by atoms with E-state index in [0.717, 1.165) is 18.7 Å². The topological polar surface area (TPSA) is 95.1 Å². The van der Waals surface area contributed by atoms with Crippen LogP contribution in [0.2, 0.25) is 0 Å². The highest BCUT2D eigenvalue weighted by Gasteiger charge is 2.23. The Morgan fingerprint density at radius 1 is 1.44 bits per heavy atom. The number of nitrogens with one attached hydrogen (secondary N) is 1. The summed E-state index contributed by atoms with van der Waals surface area (Å²) in [4.78, 5) is 12.6. The lowest BCUT2D eigenvalue weighted by atomic mass is 10.1. The van der Waals surface area contributed by atoms with Crippen LogP contribution in [0.4, 0.5) is 0 Å². The zero-order chi connectivity index (χ0) is 17.6. The van der Waals surface area contributed by atoms with E-state index in [9.17, 15) is 4.79 Å². The molecule has 1 atom stereocenters. The first-order chi connectivity index (χ1) is 12.2. The Morgan fingerprint density at radius 3 is 3.00 bits per heavy atom. The molecular weight excluding hydrogens is 318 g/mol. The molecule has 0 unspecified atom stereocenters. The Hall–Kier alpha value is -2.41. The molecule has 3 N–H and O–H groups in total. The lowest BCUT2D eigenvalue weighted by Gasteiger charge is -2.19. The van der Waals surface area contributed by atoms with E-state index >= 15 is 0 Å². The van der Waals surface area contributed by atoms with Crippen LogP contribution in [-0.4, -0.2) is 33.8 Å². The minimum Gasteiger partial charge on any atom is -0.492 e. The van der Waals surface area contributed by atoms with Crippen LogP contribution in [0, 0.1) is 0 Å². The van der Waals surface area contributed by atoms with Crippen LogP contribution >= 0.6 is 0 Å². The Labute approximate surface area is 147 Å². The van der Waals surface area contributed by atoms with Gasteiger partial charge in [0.25, 0.3) is 5.91 Å². The molecule has 1 heterocycles. The second-order valence-corrected chi connectivity index (χ2v) is 6.39. The maximum absolute atomic E-state index is 12.6. The van der Waals surface area contributed by atoms with E-state index in [1.807, 2.05) is 13.0 Å². The van der Waals surface area contributed by atoms with Crippen LogP contribution in [0.3, 0.4) is 0 Å². The van der Waals surface area contributed by atoms with Gasteiger partial charge in [0.1, 0.15) is 18.7 Å². The summed E-state index contributed by atoms with van der Waals surface area (Å²) in [5.41, 5.74) is 5.99. The summed E-state index contributed by atoms with van der Waals surface area (Å²) in [5, 5.41) is 11.3. The molecular formula is C18H25N5O2. The van der Waals surface area contributed by atoms with E-state index < -0.39 is 0 Å². The molecule has 1 saturated carbocycles. The smallest absolute Gasteiger partial charge is 0.251 e. The van der Waals surface area contributed by atoms with E-state index in [4.69, 9.17) is 10.5 Å². The summed E-state index contributed by atoms with van der Waals surface area (Å²) in [6.45, 7) is 2.79. The van der Waals surface area contributed by atoms with Crippen molar-refractivity contribution >= 4 is 5.91 Å². The van der Waals surface area contributed by atoms with Crippen molar-refractivity contribution in [3.63, 3.8) is 0 Å². The number of ether oxygens (including phenoxy) is 1. The standard InChI is InChI=1S/C18H25N5O2/c1-13(17-22-20-12-23(17)15-6-2-3-7-15)21-18(24)14-5-4-8-16(11-14)25-10-9-19/h4-5,8,11-13,15H,2-3,6-7,9-10,19H2,1H3,(H,21,24)/t13-/m0/s1. The largest absolute Gasteiger partial charge is 0.492 e. The van der Waals surface area contributed by atoms with E-state index in [0.29, 0.717) is 30.5 Å². The molecule has 0 saturated heterocycles. The van der Waals surface area contributed by atoms with Gasteiger partial charge in [-0.3, -0.25) is 4.79 Å². The minimum atomic E-state index is -0.218. The lowest BCUT2D eigenvalue weighted by molar-refractivity contribution is 0.0936. The SMILES string of the molecule is C[C@H](NC(=O)c1cccc(OCCN)c1)c1nncn1C1CCCC1. The predicted octanol–water partition coefficient (Wildman–Crippen LogP) is 2.22.